The van der Waals surface area contributed by atoms with Gasteiger partial charge in [-0.05, 0) is 25.3 Å². The average Bonchev–Trinajstić information content (AvgIpc) is 3.09. The van der Waals surface area contributed by atoms with Crippen LogP contribution in [0, 0.1) is 5.92 Å². The van der Waals surface area contributed by atoms with Gasteiger partial charge in [-0.3, -0.25) is 9.59 Å². The first-order valence-corrected chi connectivity index (χ1v) is 9.47. The molecule has 0 radical (unpaired) electrons. The van der Waals surface area contributed by atoms with Crippen LogP contribution in [0.1, 0.15) is 37.8 Å². The number of hydrogen-bond donors (Lipinski definition) is 1. The number of carbonyl (C=O) groups excluding carboxylic acids is 3. The molecule has 2 aliphatic rings. The van der Waals surface area contributed by atoms with Crippen molar-refractivity contribution in [1.29, 1.82) is 0 Å². The first-order chi connectivity index (χ1) is 13.0. The van der Waals surface area contributed by atoms with E-state index in [0.29, 0.717) is 32.5 Å². The van der Waals surface area contributed by atoms with Gasteiger partial charge in [0.2, 0.25) is 11.8 Å². The van der Waals surface area contributed by atoms with Crippen molar-refractivity contribution < 1.29 is 19.1 Å². The Hall–Kier alpha value is -2.57. The van der Waals surface area contributed by atoms with Gasteiger partial charge >= 0.3 is 6.09 Å². The molecule has 146 valence electrons. The zero-order valence-electron chi connectivity index (χ0n) is 15.9. The van der Waals surface area contributed by atoms with E-state index in [1.165, 1.54) is 7.11 Å². The maximum atomic E-state index is 12.9. The number of likely N-dealkylation sites (tertiary alicyclic amines) is 2. The molecule has 3 rings (SSSR count). The van der Waals surface area contributed by atoms with E-state index in [0.717, 1.165) is 5.56 Å². The molecule has 2 aliphatic heterocycles. The third-order valence-electron chi connectivity index (χ3n) is 5.57. The molecule has 2 unspecified atom stereocenters. The zero-order valence-corrected chi connectivity index (χ0v) is 15.9. The van der Waals surface area contributed by atoms with Gasteiger partial charge in [0.1, 0.15) is 0 Å². The van der Waals surface area contributed by atoms with Crippen LogP contribution in [0.5, 0.6) is 0 Å². The second-order valence-electron chi connectivity index (χ2n) is 7.27. The topological polar surface area (TPSA) is 79.0 Å². The highest BCUT2D eigenvalue weighted by Gasteiger charge is 2.39. The maximum Gasteiger partial charge on any atom is 0.407 e. The van der Waals surface area contributed by atoms with Gasteiger partial charge in [0.15, 0.2) is 0 Å². The van der Waals surface area contributed by atoms with Crippen molar-refractivity contribution in [2.24, 2.45) is 5.92 Å². The van der Waals surface area contributed by atoms with Crippen molar-refractivity contribution >= 4 is 17.9 Å². The fraction of sp³-hybridized carbons (Fsp3) is 0.550. The van der Waals surface area contributed by atoms with Crippen LogP contribution in [0.4, 0.5) is 4.79 Å². The fourth-order valence-corrected chi connectivity index (χ4v) is 3.91. The summed E-state index contributed by atoms with van der Waals surface area (Å²) >= 11 is 0. The third kappa shape index (κ3) is 4.40. The summed E-state index contributed by atoms with van der Waals surface area (Å²) in [4.78, 5) is 40.3. The van der Waals surface area contributed by atoms with E-state index in [1.54, 1.807) is 0 Å². The Kier molecular flexibility index (Phi) is 5.98. The van der Waals surface area contributed by atoms with E-state index in [2.05, 4.69) is 10.1 Å². The summed E-state index contributed by atoms with van der Waals surface area (Å²) < 4.78 is 4.62. The van der Waals surface area contributed by atoms with Crippen molar-refractivity contribution in [2.45, 2.75) is 38.3 Å². The monoisotopic (exact) mass is 373 g/mol. The van der Waals surface area contributed by atoms with Gasteiger partial charge in [-0.1, -0.05) is 30.3 Å². The van der Waals surface area contributed by atoms with Crippen LogP contribution in [0.25, 0.3) is 0 Å². The molecule has 2 atom stereocenters. The number of alkyl carbamates (subject to hydrolysis) is 1. The van der Waals surface area contributed by atoms with E-state index in [9.17, 15) is 14.4 Å². The summed E-state index contributed by atoms with van der Waals surface area (Å²) in [6, 6.07) is 9.88. The number of nitrogens with zero attached hydrogens (tertiary/aromatic N) is 2. The molecule has 0 saturated carbocycles. The zero-order chi connectivity index (χ0) is 19.4. The number of ether oxygens (including phenoxy) is 1. The number of amides is 3. The van der Waals surface area contributed by atoms with Crippen molar-refractivity contribution in [3.05, 3.63) is 35.9 Å². The van der Waals surface area contributed by atoms with E-state index < -0.39 is 6.09 Å². The Balaban J connectivity index is 1.54. The van der Waals surface area contributed by atoms with E-state index in [-0.39, 0.29) is 36.2 Å². The normalized spacial score (nSPS) is 21.9. The van der Waals surface area contributed by atoms with Crippen LogP contribution in [0.3, 0.4) is 0 Å². The first-order valence-electron chi connectivity index (χ1n) is 9.47. The first kappa shape index (κ1) is 19.2. The summed E-state index contributed by atoms with van der Waals surface area (Å²) in [5.74, 6) is -0.205. The van der Waals surface area contributed by atoms with Crippen LogP contribution < -0.4 is 5.32 Å². The quantitative estimate of drug-likeness (QED) is 0.875. The lowest BCUT2D eigenvalue weighted by atomic mass is 10.0. The standard InChI is InChI=1S/C20H27N3O4/c1-14(15-6-4-3-5-7-15)23-13-16(12-18(23)24)19(25)22-10-8-17(9-11-22)21-20(26)27-2/h3-7,14,16-17H,8-13H2,1-2H3,(H,21,26). The number of hydrogen-bond acceptors (Lipinski definition) is 4. The van der Waals surface area contributed by atoms with Crippen molar-refractivity contribution in [3.8, 4) is 0 Å². The molecule has 7 nitrogen and oxygen atoms in total. The van der Waals surface area contributed by atoms with Gasteiger partial charge in [0, 0.05) is 32.1 Å². The van der Waals surface area contributed by atoms with Gasteiger partial charge in [0.05, 0.1) is 19.1 Å². The molecular formula is C20H27N3O4. The smallest absolute Gasteiger partial charge is 0.407 e. The predicted octanol–water partition coefficient (Wildman–Crippen LogP) is 1.94. The number of carbonyl (C=O) groups is 3. The van der Waals surface area contributed by atoms with Crippen LogP contribution in [0.15, 0.2) is 30.3 Å². The molecule has 7 heteroatoms. The Morgan fingerprint density at radius 1 is 1.19 bits per heavy atom. The molecule has 1 N–H and O–H groups in total. The van der Waals surface area contributed by atoms with E-state index >= 15 is 0 Å². The molecule has 2 saturated heterocycles. The van der Waals surface area contributed by atoms with Crippen LogP contribution in [-0.4, -0.2) is 60.5 Å². The predicted molar refractivity (Wildman–Crippen MR) is 99.8 cm³/mol. The minimum atomic E-state index is -0.438. The summed E-state index contributed by atoms with van der Waals surface area (Å²) in [5.41, 5.74) is 1.08. The third-order valence-corrected chi connectivity index (χ3v) is 5.57. The number of rotatable bonds is 4. The Morgan fingerprint density at radius 2 is 1.85 bits per heavy atom. The molecule has 1 aromatic rings. The fourth-order valence-electron chi connectivity index (χ4n) is 3.91. The van der Waals surface area contributed by atoms with Crippen molar-refractivity contribution in [1.82, 2.24) is 15.1 Å². The second-order valence-corrected chi connectivity index (χ2v) is 7.27. The van der Waals surface area contributed by atoms with Crippen molar-refractivity contribution in [2.75, 3.05) is 26.7 Å². The van der Waals surface area contributed by atoms with Crippen LogP contribution in [0.2, 0.25) is 0 Å². The molecule has 3 amide bonds. The number of nitrogens with one attached hydrogen (secondary N) is 1. The highest BCUT2D eigenvalue weighted by atomic mass is 16.5. The molecule has 1 aromatic carbocycles. The van der Waals surface area contributed by atoms with Crippen LogP contribution in [-0.2, 0) is 14.3 Å². The molecule has 0 spiro atoms. The minimum absolute atomic E-state index is 0.0290. The molecule has 27 heavy (non-hydrogen) atoms. The summed E-state index contributed by atoms with van der Waals surface area (Å²) in [5, 5.41) is 2.78. The summed E-state index contributed by atoms with van der Waals surface area (Å²) in [6.45, 7) is 3.65. The highest BCUT2D eigenvalue weighted by Crippen LogP contribution is 2.30. The Labute approximate surface area is 159 Å². The lowest BCUT2D eigenvalue weighted by molar-refractivity contribution is -0.136. The molecule has 2 heterocycles. The Morgan fingerprint density at radius 3 is 2.48 bits per heavy atom. The number of benzene rings is 1. The number of piperidine rings is 1. The van der Waals surface area contributed by atoms with E-state index in [1.807, 2.05) is 47.1 Å². The van der Waals surface area contributed by atoms with Crippen LogP contribution >= 0.6 is 0 Å². The lowest BCUT2D eigenvalue weighted by Gasteiger charge is -2.33. The molecule has 2 fully saturated rings. The molecule has 0 aromatic heterocycles. The largest absolute Gasteiger partial charge is 0.453 e. The van der Waals surface area contributed by atoms with Gasteiger partial charge < -0.3 is 19.9 Å². The lowest BCUT2D eigenvalue weighted by Crippen LogP contribution is -2.48. The van der Waals surface area contributed by atoms with Gasteiger partial charge in [-0.15, -0.1) is 0 Å². The van der Waals surface area contributed by atoms with E-state index in [4.69, 9.17) is 0 Å². The maximum absolute atomic E-state index is 12.9. The van der Waals surface area contributed by atoms with Gasteiger partial charge in [-0.25, -0.2) is 4.79 Å². The van der Waals surface area contributed by atoms with Gasteiger partial charge in [0.25, 0.3) is 0 Å². The van der Waals surface area contributed by atoms with Crippen molar-refractivity contribution in [3.63, 3.8) is 0 Å². The molecule has 0 aliphatic carbocycles. The highest BCUT2D eigenvalue weighted by molar-refractivity contribution is 5.89. The summed E-state index contributed by atoms with van der Waals surface area (Å²) in [7, 11) is 1.34. The molecule has 0 bridgehead atoms. The molecular weight excluding hydrogens is 346 g/mol. The second kappa shape index (κ2) is 8.41. The average molecular weight is 373 g/mol. The SMILES string of the molecule is COC(=O)NC1CCN(C(=O)C2CC(=O)N(C(C)c3ccccc3)C2)CC1. The summed E-state index contributed by atoms with van der Waals surface area (Å²) in [6.07, 6.45) is 1.24. The van der Waals surface area contributed by atoms with Gasteiger partial charge in [-0.2, -0.15) is 0 Å². The Bertz CT molecular complexity index is 686. The number of methoxy groups -OCH3 is 1. The minimum Gasteiger partial charge on any atom is -0.453 e.